The lowest BCUT2D eigenvalue weighted by atomic mass is 10.4. The van der Waals surface area contributed by atoms with E-state index in [1.54, 1.807) is 12.1 Å². The molecule has 17 heavy (non-hydrogen) atoms. The molecule has 0 aliphatic carbocycles. The summed E-state index contributed by atoms with van der Waals surface area (Å²) in [6.07, 6.45) is 4.01. The summed E-state index contributed by atoms with van der Waals surface area (Å²) >= 11 is 0. The van der Waals surface area contributed by atoms with Gasteiger partial charge in [-0.3, -0.25) is 15.0 Å². The molecular weight excluding hydrogens is 226 g/mol. The Balaban J connectivity index is 1.81. The van der Waals surface area contributed by atoms with E-state index in [2.05, 4.69) is 20.9 Å². The van der Waals surface area contributed by atoms with Crippen LogP contribution in [0.5, 0.6) is 0 Å². The van der Waals surface area contributed by atoms with E-state index in [0.29, 0.717) is 5.76 Å². The Labute approximate surface area is 95.6 Å². The fourth-order valence-electron chi connectivity index (χ4n) is 1.09. The highest BCUT2D eigenvalue weighted by Crippen LogP contribution is 1.98. The summed E-state index contributed by atoms with van der Waals surface area (Å²) in [4.78, 5) is 22.7. The zero-order chi connectivity index (χ0) is 12.1. The highest BCUT2D eigenvalue weighted by atomic mass is 16.3. The van der Waals surface area contributed by atoms with Gasteiger partial charge < -0.3 is 9.73 Å². The summed E-state index contributed by atoms with van der Waals surface area (Å²) in [5, 5.41) is 9.34. The highest BCUT2D eigenvalue weighted by molar-refractivity contribution is 6.38. The van der Waals surface area contributed by atoms with Gasteiger partial charge in [-0.25, -0.2) is 4.68 Å². The maximum atomic E-state index is 11.3. The van der Waals surface area contributed by atoms with Gasteiger partial charge in [-0.2, -0.15) is 0 Å². The second kappa shape index (κ2) is 4.92. The van der Waals surface area contributed by atoms with E-state index in [4.69, 9.17) is 4.42 Å². The van der Waals surface area contributed by atoms with Gasteiger partial charge in [-0.15, -0.1) is 10.2 Å². The molecule has 0 saturated heterocycles. The third-order valence-electron chi connectivity index (χ3n) is 1.86. The van der Waals surface area contributed by atoms with Crippen molar-refractivity contribution in [1.29, 1.82) is 0 Å². The zero-order valence-corrected chi connectivity index (χ0v) is 8.66. The molecule has 0 bridgehead atoms. The Morgan fingerprint density at radius 3 is 2.71 bits per heavy atom. The first kappa shape index (κ1) is 10.9. The number of carbonyl (C=O) groups is 2. The van der Waals surface area contributed by atoms with Crippen LogP contribution in [0.15, 0.2) is 35.5 Å². The van der Waals surface area contributed by atoms with E-state index in [0.717, 1.165) is 0 Å². The number of furan rings is 1. The van der Waals surface area contributed by atoms with Gasteiger partial charge in [0.25, 0.3) is 0 Å². The summed E-state index contributed by atoms with van der Waals surface area (Å²) < 4.78 is 6.17. The molecule has 88 valence electrons. The minimum absolute atomic E-state index is 0.154. The van der Waals surface area contributed by atoms with Crippen molar-refractivity contribution in [2.45, 2.75) is 6.54 Å². The Morgan fingerprint density at radius 2 is 2.06 bits per heavy atom. The third-order valence-corrected chi connectivity index (χ3v) is 1.86. The Morgan fingerprint density at radius 1 is 1.29 bits per heavy atom. The number of carbonyl (C=O) groups excluding carboxylic acids is 2. The van der Waals surface area contributed by atoms with E-state index < -0.39 is 11.8 Å². The molecule has 0 aliphatic heterocycles. The monoisotopic (exact) mass is 235 g/mol. The lowest BCUT2D eigenvalue weighted by Gasteiger charge is -2.04. The first-order valence-corrected chi connectivity index (χ1v) is 4.72. The van der Waals surface area contributed by atoms with Crippen LogP contribution in [-0.4, -0.2) is 26.7 Å². The predicted octanol–water partition coefficient (Wildman–Crippen LogP) is -0.742. The molecule has 0 aromatic carbocycles. The molecule has 0 aliphatic rings. The Hall–Kier alpha value is -2.64. The average molecular weight is 235 g/mol. The van der Waals surface area contributed by atoms with Crippen molar-refractivity contribution in [2.75, 3.05) is 5.43 Å². The number of aromatic nitrogens is 3. The highest BCUT2D eigenvalue weighted by Gasteiger charge is 2.13. The van der Waals surface area contributed by atoms with E-state index in [9.17, 15) is 9.59 Å². The summed E-state index contributed by atoms with van der Waals surface area (Å²) in [5.41, 5.74) is 2.26. The molecule has 2 heterocycles. The first-order valence-electron chi connectivity index (χ1n) is 4.72. The molecule has 8 heteroatoms. The van der Waals surface area contributed by atoms with Gasteiger partial charge in [-0.05, 0) is 12.1 Å². The van der Waals surface area contributed by atoms with E-state index in [-0.39, 0.29) is 6.54 Å². The molecule has 0 saturated carbocycles. The van der Waals surface area contributed by atoms with Crippen molar-refractivity contribution in [3.8, 4) is 0 Å². The van der Waals surface area contributed by atoms with Crippen LogP contribution in [0.4, 0.5) is 0 Å². The van der Waals surface area contributed by atoms with Crippen molar-refractivity contribution in [2.24, 2.45) is 0 Å². The van der Waals surface area contributed by atoms with Crippen molar-refractivity contribution >= 4 is 11.8 Å². The van der Waals surface area contributed by atoms with Crippen molar-refractivity contribution < 1.29 is 14.0 Å². The molecule has 2 amide bonds. The minimum Gasteiger partial charge on any atom is -0.467 e. The molecule has 0 atom stereocenters. The van der Waals surface area contributed by atoms with E-state index in [1.807, 2.05) is 0 Å². The molecule has 2 rings (SSSR count). The summed E-state index contributed by atoms with van der Waals surface area (Å²) in [5.74, 6) is -1.01. The molecule has 0 unspecified atom stereocenters. The van der Waals surface area contributed by atoms with Crippen LogP contribution in [0.3, 0.4) is 0 Å². The molecule has 2 aromatic rings. The van der Waals surface area contributed by atoms with Gasteiger partial charge in [0.1, 0.15) is 18.4 Å². The maximum Gasteiger partial charge on any atom is 0.328 e. The van der Waals surface area contributed by atoms with Crippen LogP contribution < -0.4 is 10.7 Å². The van der Waals surface area contributed by atoms with Gasteiger partial charge in [0.2, 0.25) is 0 Å². The van der Waals surface area contributed by atoms with Gasteiger partial charge in [0.05, 0.1) is 12.8 Å². The van der Waals surface area contributed by atoms with E-state index >= 15 is 0 Å². The molecule has 2 N–H and O–H groups in total. The SMILES string of the molecule is O=C(NCc1ccco1)C(=O)Nn1cnnc1. The topological polar surface area (TPSA) is 102 Å². The summed E-state index contributed by atoms with van der Waals surface area (Å²) in [6, 6.07) is 3.39. The van der Waals surface area contributed by atoms with Gasteiger partial charge >= 0.3 is 11.8 Å². The van der Waals surface area contributed by atoms with Crippen molar-refractivity contribution in [3.63, 3.8) is 0 Å². The largest absolute Gasteiger partial charge is 0.467 e. The van der Waals surface area contributed by atoms with Crippen LogP contribution in [-0.2, 0) is 16.1 Å². The number of nitrogens with zero attached hydrogens (tertiary/aromatic N) is 3. The average Bonchev–Trinajstić information content (AvgIpc) is 2.98. The minimum atomic E-state index is -0.809. The normalized spacial score (nSPS) is 9.88. The molecule has 2 aromatic heterocycles. The Kier molecular flexibility index (Phi) is 3.15. The Bertz CT molecular complexity index is 491. The molecule has 0 fully saturated rings. The predicted molar refractivity (Wildman–Crippen MR) is 54.9 cm³/mol. The van der Waals surface area contributed by atoms with Crippen molar-refractivity contribution in [3.05, 3.63) is 36.8 Å². The first-order chi connectivity index (χ1) is 8.25. The summed E-state index contributed by atoms with van der Waals surface area (Å²) in [6.45, 7) is 0.154. The van der Waals surface area contributed by atoms with Gasteiger partial charge in [0, 0.05) is 0 Å². The van der Waals surface area contributed by atoms with Gasteiger partial charge in [-0.1, -0.05) is 0 Å². The lowest BCUT2D eigenvalue weighted by molar-refractivity contribution is -0.136. The number of amides is 2. The number of hydrogen-bond acceptors (Lipinski definition) is 5. The third kappa shape index (κ3) is 2.91. The molecule has 0 spiro atoms. The number of hydrogen-bond donors (Lipinski definition) is 2. The van der Waals surface area contributed by atoms with Crippen LogP contribution in [0.1, 0.15) is 5.76 Å². The zero-order valence-electron chi connectivity index (χ0n) is 8.66. The van der Waals surface area contributed by atoms with Crippen LogP contribution in [0.25, 0.3) is 0 Å². The second-order valence-electron chi connectivity index (χ2n) is 3.07. The number of nitrogens with one attached hydrogen (secondary N) is 2. The second-order valence-corrected chi connectivity index (χ2v) is 3.07. The standard InChI is InChI=1S/C9H9N5O3/c15-8(10-4-7-2-1-3-17-7)9(16)13-14-5-11-12-6-14/h1-3,5-6H,4H2,(H,10,15)(H,13,16). The lowest BCUT2D eigenvalue weighted by Crippen LogP contribution is -2.38. The van der Waals surface area contributed by atoms with Crippen LogP contribution >= 0.6 is 0 Å². The van der Waals surface area contributed by atoms with Crippen LogP contribution in [0, 0.1) is 0 Å². The quantitative estimate of drug-likeness (QED) is 0.682. The van der Waals surface area contributed by atoms with E-state index in [1.165, 1.54) is 23.6 Å². The fraction of sp³-hybridized carbons (Fsp3) is 0.111. The molecule has 0 radical (unpaired) electrons. The smallest absolute Gasteiger partial charge is 0.328 e. The van der Waals surface area contributed by atoms with Crippen LogP contribution in [0.2, 0.25) is 0 Å². The maximum absolute atomic E-state index is 11.3. The molecular formula is C9H9N5O3. The van der Waals surface area contributed by atoms with Gasteiger partial charge in [0.15, 0.2) is 0 Å². The summed E-state index contributed by atoms with van der Waals surface area (Å²) in [7, 11) is 0. The van der Waals surface area contributed by atoms with Crippen molar-refractivity contribution in [1.82, 2.24) is 20.2 Å². The fourth-order valence-corrected chi connectivity index (χ4v) is 1.09. The number of rotatable bonds is 3. The molecule has 8 nitrogen and oxygen atoms in total.